The standard InChI is InChI=1S/C19H19FN2O3/c1-3-24-16-9-7-15(8-10-16)21-18(23)19(2)12-17(22-25-19)13-5-4-6-14(20)11-13/h4-11H,3,12H2,1-2H3,(H,21,23). The van der Waals surface area contributed by atoms with Crippen LogP contribution in [-0.4, -0.2) is 23.8 Å². The molecule has 130 valence electrons. The Labute approximate surface area is 145 Å². The van der Waals surface area contributed by atoms with E-state index < -0.39 is 5.60 Å². The molecule has 6 heteroatoms. The molecule has 2 aromatic rings. The van der Waals surface area contributed by atoms with Crippen LogP contribution in [0.1, 0.15) is 25.8 Å². The Balaban J connectivity index is 1.66. The summed E-state index contributed by atoms with van der Waals surface area (Å²) in [6.07, 6.45) is 0.263. The number of carbonyl (C=O) groups excluding carboxylic acids is 1. The highest BCUT2D eigenvalue weighted by molar-refractivity contribution is 6.07. The Kier molecular flexibility index (Phi) is 4.70. The second-order valence-corrected chi connectivity index (χ2v) is 5.96. The number of rotatable bonds is 5. The van der Waals surface area contributed by atoms with Crippen molar-refractivity contribution in [3.8, 4) is 5.75 Å². The van der Waals surface area contributed by atoms with E-state index in [9.17, 15) is 9.18 Å². The Morgan fingerprint density at radius 2 is 2.08 bits per heavy atom. The molecule has 0 saturated heterocycles. The van der Waals surface area contributed by atoms with Gasteiger partial charge in [-0.25, -0.2) is 4.39 Å². The Morgan fingerprint density at radius 1 is 1.32 bits per heavy atom. The first-order chi connectivity index (χ1) is 12.0. The van der Waals surface area contributed by atoms with E-state index in [0.717, 1.165) is 5.75 Å². The predicted molar refractivity (Wildman–Crippen MR) is 93.3 cm³/mol. The van der Waals surface area contributed by atoms with Crippen LogP contribution < -0.4 is 10.1 Å². The van der Waals surface area contributed by atoms with Crippen LogP contribution in [0.15, 0.2) is 53.7 Å². The number of anilines is 1. The van der Waals surface area contributed by atoms with Gasteiger partial charge in [0, 0.05) is 17.7 Å². The van der Waals surface area contributed by atoms with Gasteiger partial charge in [-0.05, 0) is 50.2 Å². The third-order valence-electron chi connectivity index (χ3n) is 3.92. The van der Waals surface area contributed by atoms with Crippen LogP contribution in [0.2, 0.25) is 0 Å². The molecular formula is C19H19FN2O3. The van der Waals surface area contributed by atoms with Crippen molar-refractivity contribution in [2.45, 2.75) is 25.9 Å². The van der Waals surface area contributed by atoms with Crippen molar-refractivity contribution in [1.29, 1.82) is 0 Å². The largest absolute Gasteiger partial charge is 0.494 e. The first-order valence-electron chi connectivity index (χ1n) is 8.05. The second-order valence-electron chi connectivity index (χ2n) is 5.96. The molecule has 1 amide bonds. The third-order valence-corrected chi connectivity index (χ3v) is 3.92. The Hall–Kier alpha value is -2.89. The highest BCUT2D eigenvalue weighted by Gasteiger charge is 2.42. The van der Waals surface area contributed by atoms with E-state index in [0.29, 0.717) is 23.6 Å². The highest BCUT2D eigenvalue weighted by atomic mass is 19.1. The molecular weight excluding hydrogens is 323 g/mol. The van der Waals surface area contributed by atoms with Gasteiger partial charge in [0.25, 0.3) is 5.91 Å². The van der Waals surface area contributed by atoms with Gasteiger partial charge in [0.2, 0.25) is 5.60 Å². The van der Waals surface area contributed by atoms with Gasteiger partial charge in [0.1, 0.15) is 11.6 Å². The molecule has 0 aliphatic carbocycles. The van der Waals surface area contributed by atoms with E-state index >= 15 is 0 Å². The molecule has 1 aliphatic rings. The van der Waals surface area contributed by atoms with Crippen molar-refractivity contribution in [2.24, 2.45) is 5.16 Å². The zero-order valence-electron chi connectivity index (χ0n) is 14.1. The summed E-state index contributed by atoms with van der Waals surface area (Å²) in [4.78, 5) is 17.9. The molecule has 0 bridgehead atoms. The summed E-state index contributed by atoms with van der Waals surface area (Å²) in [5.74, 6) is 0.0695. The summed E-state index contributed by atoms with van der Waals surface area (Å²) < 4.78 is 18.7. The molecule has 3 rings (SSSR count). The fourth-order valence-corrected chi connectivity index (χ4v) is 2.55. The Bertz CT molecular complexity index is 805. The first-order valence-corrected chi connectivity index (χ1v) is 8.05. The lowest BCUT2D eigenvalue weighted by Crippen LogP contribution is -2.40. The number of halogens is 1. The zero-order valence-corrected chi connectivity index (χ0v) is 14.1. The van der Waals surface area contributed by atoms with Crippen LogP contribution in [0.3, 0.4) is 0 Å². The number of hydrogen-bond donors (Lipinski definition) is 1. The number of amides is 1. The fourth-order valence-electron chi connectivity index (χ4n) is 2.55. The van der Waals surface area contributed by atoms with Crippen LogP contribution in [0.25, 0.3) is 0 Å². The summed E-state index contributed by atoms with van der Waals surface area (Å²) in [6.45, 7) is 4.15. The van der Waals surface area contributed by atoms with Gasteiger partial charge >= 0.3 is 0 Å². The maximum absolute atomic E-state index is 13.4. The van der Waals surface area contributed by atoms with Gasteiger partial charge in [0.05, 0.1) is 12.3 Å². The van der Waals surface area contributed by atoms with E-state index in [2.05, 4.69) is 10.5 Å². The van der Waals surface area contributed by atoms with Crippen molar-refractivity contribution in [1.82, 2.24) is 0 Å². The molecule has 0 aromatic heterocycles. The SMILES string of the molecule is CCOc1ccc(NC(=O)C2(C)CC(c3cccc(F)c3)=NO2)cc1. The minimum absolute atomic E-state index is 0.263. The zero-order chi connectivity index (χ0) is 17.9. The fraction of sp³-hybridized carbons (Fsp3) is 0.263. The van der Waals surface area contributed by atoms with E-state index in [4.69, 9.17) is 9.57 Å². The van der Waals surface area contributed by atoms with Crippen molar-refractivity contribution in [2.75, 3.05) is 11.9 Å². The normalized spacial score (nSPS) is 19.1. The van der Waals surface area contributed by atoms with Crippen LogP contribution in [0.5, 0.6) is 5.75 Å². The number of nitrogens with zero attached hydrogens (tertiary/aromatic N) is 1. The molecule has 1 unspecified atom stereocenters. The summed E-state index contributed by atoms with van der Waals surface area (Å²) >= 11 is 0. The smallest absolute Gasteiger partial charge is 0.271 e. The summed E-state index contributed by atoms with van der Waals surface area (Å²) in [6, 6.07) is 13.2. The predicted octanol–water partition coefficient (Wildman–Crippen LogP) is 3.75. The Morgan fingerprint density at radius 3 is 2.76 bits per heavy atom. The van der Waals surface area contributed by atoms with Crippen molar-refractivity contribution >= 4 is 17.3 Å². The number of carbonyl (C=O) groups is 1. The maximum atomic E-state index is 13.4. The molecule has 1 heterocycles. The highest BCUT2D eigenvalue weighted by Crippen LogP contribution is 2.28. The number of hydrogen-bond acceptors (Lipinski definition) is 4. The van der Waals surface area contributed by atoms with E-state index in [1.165, 1.54) is 12.1 Å². The van der Waals surface area contributed by atoms with Crippen molar-refractivity contribution in [3.63, 3.8) is 0 Å². The number of oxime groups is 1. The van der Waals surface area contributed by atoms with Crippen LogP contribution in [-0.2, 0) is 9.63 Å². The monoisotopic (exact) mass is 342 g/mol. The van der Waals surface area contributed by atoms with Crippen molar-refractivity contribution in [3.05, 3.63) is 59.9 Å². The average molecular weight is 342 g/mol. The second kappa shape index (κ2) is 6.93. The van der Waals surface area contributed by atoms with Gasteiger partial charge < -0.3 is 14.9 Å². The molecule has 1 aliphatic heterocycles. The van der Waals surface area contributed by atoms with E-state index in [1.807, 2.05) is 6.92 Å². The quantitative estimate of drug-likeness (QED) is 0.900. The lowest BCUT2D eigenvalue weighted by atomic mass is 9.95. The number of ether oxygens (including phenoxy) is 1. The summed E-state index contributed by atoms with van der Waals surface area (Å²) in [5, 5.41) is 6.78. The topological polar surface area (TPSA) is 59.9 Å². The first kappa shape index (κ1) is 17.0. The molecule has 2 aromatic carbocycles. The van der Waals surface area contributed by atoms with Crippen LogP contribution in [0.4, 0.5) is 10.1 Å². The molecule has 0 saturated carbocycles. The lowest BCUT2D eigenvalue weighted by molar-refractivity contribution is -0.135. The minimum Gasteiger partial charge on any atom is -0.494 e. The maximum Gasteiger partial charge on any atom is 0.271 e. The molecule has 1 N–H and O–H groups in total. The third kappa shape index (κ3) is 3.79. The lowest BCUT2D eigenvalue weighted by Gasteiger charge is -2.20. The van der Waals surface area contributed by atoms with Gasteiger partial charge in [-0.2, -0.15) is 0 Å². The number of benzene rings is 2. The molecule has 0 fully saturated rings. The molecule has 1 atom stereocenters. The van der Waals surface area contributed by atoms with Crippen LogP contribution in [0, 0.1) is 5.82 Å². The van der Waals surface area contributed by atoms with Crippen molar-refractivity contribution < 1.29 is 18.8 Å². The van der Waals surface area contributed by atoms with Gasteiger partial charge in [-0.15, -0.1) is 0 Å². The summed E-state index contributed by atoms with van der Waals surface area (Å²) in [5.41, 5.74) is 0.652. The average Bonchev–Trinajstić information content (AvgIpc) is 3.01. The molecule has 5 nitrogen and oxygen atoms in total. The number of nitrogens with one attached hydrogen (secondary N) is 1. The van der Waals surface area contributed by atoms with E-state index in [1.54, 1.807) is 43.3 Å². The van der Waals surface area contributed by atoms with Gasteiger partial charge in [-0.3, -0.25) is 4.79 Å². The van der Waals surface area contributed by atoms with Gasteiger partial charge in [-0.1, -0.05) is 17.3 Å². The van der Waals surface area contributed by atoms with Gasteiger partial charge in [0.15, 0.2) is 0 Å². The molecule has 0 spiro atoms. The minimum atomic E-state index is -1.14. The van der Waals surface area contributed by atoms with E-state index in [-0.39, 0.29) is 18.1 Å². The molecule has 25 heavy (non-hydrogen) atoms. The summed E-state index contributed by atoms with van der Waals surface area (Å²) in [7, 11) is 0. The molecule has 0 radical (unpaired) electrons. The van der Waals surface area contributed by atoms with Crippen LogP contribution >= 0.6 is 0 Å².